The molecule has 0 fully saturated rings. The average molecular weight is 344 g/mol. The number of nitrogens with one attached hydrogen (secondary N) is 1. The number of ether oxygens (including phenoxy) is 2. The largest absolute Gasteiger partial charge is 0.497 e. The summed E-state index contributed by atoms with van der Waals surface area (Å²) in [5.41, 5.74) is 2.02. The maximum absolute atomic E-state index is 11.9. The van der Waals surface area contributed by atoms with E-state index in [0.717, 1.165) is 16.6 Å². The van der Waals surface area contributed by atoms with Gasteiger partial charge in [0.25, 0.3) is 0 Å². The van der Waals surface area contributed by atoms with Crippen LogP contribution in [0.4, 0.5) is 10.8 Å². The van der Waals surface area contributed by atoms with E-state index in [4.69, 9.17) is 13.9 Å². The number of hydrogen-bond donors (Lipinski definition) is 1. The molecule has 3 aromatic rings. The molecule has 1 N–H and O–H groups in total. The fourth-order valence-corrected chi connectivity index (χ4v) is 2.76. The number of benzene rings is 1. The molecular formula is C17H16N2O4S. The summed E-state index contributed by atoms with van der Waals surface area (Å²) in [6.45, 7) is 1.83. The third kappa shape index (κ3) is 3.75. The Morgan fingerprint density at radius 1 is 1.29 bits per heavy atom. The molecule has 0 saturated heterocycles. The maximum Gasteiger partial charge on any atom is 0.342 e. The van der Waals surface area contributed by atoms with Gasteiger partial charge in [0.1, 0.15) is 23.7 Å². The number of rotatable bonds is 6. The first kappa shape index (κ1) is 16.1. The van der Waals surface area contributed by atoms with Gasteiger partial charge in [-0.2, -0.15) is 0 Å². The van der Waals surface area contributed by atoms with Gasteiger partial charge >= 0.3 is 5.97 Å². The number of methoxy groups -OCH3 is 1. The Morgan fingerprint density at radius 2 is 2.08 bits per heavy atom. The van der Waals surface area contributed by atoms with Gasteiger partial charge in [-0.1, -0.05) is 0 Å². The van der Waals surface area contributed by atoms with Gasteiger partial charge in [-0.15, -0.1) is 11.3 Å². The zero-order valence-electron chi connectivity index (χ0n) is 13.2. The zero-order valence-corrected chi connectivity index (χ0v) is 14.1. The number of aryl methyl sites for hydroxylation is 1. The molecule has 0 amide bonds. The molecule has 2 heterocycles. The lowest BCUT2D eigenvalue weighted by Crippen LogP contribution is -2.05. The minimum Gasteiger partial charge on any atom is -0.497 e. The highest BCUT2D eigenvalue weighted by molar-refractivity contribution is 7.13. The van der Waals surface area contributed by atoms with Crippen LogP contribution in [0.5, 0.6) is 5.75 Å². The third-order valence-electron chi connectivity index (χ3n) is 3.32. The molecule has 0 atom stereocenters. The Kier molecular flexibility index (Phi) is 4.81. The van der Waals surface area contributed by atoms with E-state index in [0.29, 0.717) is 17.0 Å². The van der Waals surface area contributed by atoms with Gasteiger partial charge in [0.05, 0.1) is 19.1 Å². The summed E-state index contributed by atoms with van der Waals surface area (Å²) in [6, 6.07) is 9.14. The lowest BCUT2D eigenvalue weighted by Gasteiger charge is -2.04. The molecule has 0 unspecified atom stereocenters. The number of carbonyl (C=O) groups is 1. The SMILES string of the molecule is COc1ccc(Nc2nc(COC(=O)c3ccoc3C)cs2)cc1. The van der Waals surface area contributed by atoms with Crippen LogP contribution in [0.1, 0.15) is 21.8 Å². The van der Waals surface area contributed by atoms with Crippen molar-refractivity contribution in [2.24, 2.45) is 0 Å². The van der Waals surface area contributed by atoms with Crippen molar-refractivity contribution < 1.29 is 18.7 Å². The van der Waals surface area contributed by atoms with Crippen LogP contribution in [-0.4, -0.2) is 18.1 Å². The van der Waals surface area contributed by atoms with Gasteiger partial charge in [-0.25, -0.2) is 9.78 Å². The van der Waals surface area contributed by atoms with Gasteiger partial charge in [0.2, 0.25) is 0 Å². The van der Waals surface area contributed by atoms with Crippen molar-refractivity contribution in [2.45, 2.75) is 13.5 Å². The minimum atomic E-state index is -0.418. The third-order valence-corrected chi connectivity index (χ3v) is 4.13. The number of hydrogen-bond acceptors (Lipinski definition) is 7. The second-order valence-electron chi connectivity index (χ2n) is 4.96. The first-order chi connectivity index (χ1) is 11.7. The van der Waals surface area contributed by atoms with E-state index >= 15 is 0 Å². The van der Waals surface area contributed by atoms with Crippen LogP contribution in [0.15, 0.2) is 46.4 Å². The van der Waals surface area contributed by atoms with Crippen LogP contribution in [-0.2, 0) is 11.3 Å². The summed E-state index contributed by atoms with van der Waals surface area (Å²) >= 11 is 1.44. The van der Waals surface area contributed by atoms with E-state index in [2.05, 4.69) is 10.3 Å². The Morgan fingerprint density at radius 3 is 2.75 bits per heavy atom. The van der Waals surface area contributed by atoms with Crippen LogP contribution < -0.4 is 10.1 Å². The fourth-order valence-electron chi connectivity index (χ4n) is 2.04. The predicted molar refractivity (Wildman–Crippen MR) is 91.0 cm³/mol. The van der Waals surface area contributed by atoms with Crippen molar-refractivity contribution >= 4 is 28.1 Å². The van der Waals surface area contributed by atoms with Crippen LogP contribution in [0.3, 0.4) is 0 Å². The predicted octanol–water partition coefficient (Wildman–Crippen LogP) is 4.15. The number of furan rings is 1. The number of carbonyl (C=O) groups excluding carboxylic acids is 1. The smallest absolute Gasteiger partial charge is 0.342 e. The lowest BCUT2D eigenvalue weighted by atomic mass is 10.3. The topological polar surface area (TPSA) is 73.6 Å². The highest BCUT2D eigenvalue weighted by atomic mass is 32.1. The molecule has 7 heteroatoms. The zero-order chi connectivity index (χ0) is 16.9. The van der Waals surface area contributed by atoms with Crippen molar-refractivity contribution in [2.75, 3.05) is 12.4 Å². The van der Waals surface area contributed by atoms with Crippen LogP contribution in [0.2, 0.25) is 0 Å². The second kappa shape index (κ2) is 7.18. The molecule has 3 rings (SSSR count). The lowest BCUT2D eigenvalue weighted by molar-refractivity contribution is 0.0466. The Balaban J connectivity index is 1.57. The molecular weight excluding hydrogens is 328 g/mol. The molecule has 0 aliphatic carbocycles. The van der Waals surface area contributed by atoms with Crippen LogP contribution in [0, 0.1) is 6.92 Å². The number of anilines is 2. The molecule has 0 radical (unpaired) electrons. The fraction of sp³-hybridized carbons (Fsp3) is 0.176. The van der Waals surface area contributed by atoms with Crippen molar-refractivity contribution in [1.29, 1.82) is 0 Å². The van der Waals surface area contributed by atoms with Gasteiger partial charge in [-0.05, 0) is 37.3 Å². The standard InChI is InChI=1S/C17H16N2O4S/c1-11-15(7-8-22-11)16(20)23-9-13-10-24-17(19-13)18-12-3-5-14(21-2)6-4-12/h3-8,10H,9H2,1-2H3,(H,18,19). The first-order valence-corrected chi connectivity index (χ1v) is 8.10. The van der Waals surface area contributed by atoms with E-state index in [1.807, 2.05) is 29.6 Å². The normalized spacial score (nSPS) is 10.4. The molecule has 0 aliphatic rings. The number of esters is 1. The van der Waals surface area contributed by atoms with Gasteiger partial charge < -0.3 is 19.2 Å². The second-order valence-corrected chi connectivity index (χ2v) is 5.82. The van der Waals surface area contributed by atoms with Crippen LogP contribution in [0.25, 0.3) is 0 Å². The first-order valence-electron chi connectivity index (χ1n) is 7.22. The molecule has 124 valence electrons. The molecule has 6 nitrogen and oxygen atoms in total. The summed E-state index contributed by atoms with van der Waals surface area (Å²) in [4.78, 5) is 16.3. The summed E-state index contributed by atoms with van der Waals surface area (Å²) in [6.07, 6.45) is 1.46. The quantitative estimate of drug-likeness (QED) is 0.677. The summed E-state index contributed by atoms with van der Waals surface area (Å²) in [5, 5.41) is 5.77. The number of thiazole rings is 1. The van der Waals surface area contributed by atoms with Crippen molar-refractivity contribution in [3.63, 3.8) is 0 Å². The van der Waals surface area contributed by atoms with E-state index in [1.54, 1.807) is 20.1 Å². The number of nitrogens with zero attached hydrogens (tertiary/aromatic N) is 1. The maximum atomic E-state index is 11.9. The summed E-state index contributed by atoms with van der Waals surface area (Å²) in [7, 11) is 1.63. The Labute approximate surface area is 143 Å². The van der Waals surface area contributed by atoms with E-state index in [-0.39, 0.29) is 6.61 Å². The van der Waals surface area contributed by atoms with E-state index in [9.17, 15) is 4.79 Å². The summed E-state index contributed by atoms with van der Waals surface area (Å²) < 4.78 is 15.5. The molecule has 0 saturated carbocycles. The highest BCUT2D eigenvalue weighted by Gasteiger charge is 2.13. The number of aromatic nitrogens is 1. The highest BCUT2D eigenvalue weighted by Crippen LogP contribution is 2.23. The van der Waals surface area contributed by atoms with E-state index < -0.39 is 5.97 Å². The van der Waals surface area contributed by atoms with Gasteiger partial charge in [0, 0.05) is 11.1 Å². The molecule has 0 aliphatic heterocycles. The Hall–Kier alpha value is -2.80. The van der Waals surface area contributed by atoms with Crippen molar-refractivity contribution in [1.82, 2.24) is 4.98 Å². The Bertz CT molecular complexity index is 823. The minimum absolute atomic E-state index is 0.115. The molecule has 0 spiro atoms. The molecule has 2 aromatic heterocycles. The van der Waals surface area contributed by atoms with Crippen molar-refractivity contribution in [3.8, 4) is 5.75 Å². The van der Waals surface area contributed by atoms with Gasteiger partial charge in [-0.3, -0.25) is 0 Å². The summed E-state index contributed by atoms with van der Waals surface area (Å²) in [5.74, 6) is 0.917. The monoisotopic (exact) mass is 344 g/mol. The van der Waals surface area contributed by atoms with Gasteiger partial charge in [0.15, 0.2) is 5.13 Å². The van der Waals surface area contributed by atoms with Crippen molar-refractivity contribution in [3.05, 3.63) is 59.0 Å². The van der Waals surface area contributed by atoms with Crippen LogP contribution >= 0.6 is 11.3 Å². The molecule has 24 heavy (non-hydrogen) atoms. The van der Waals surface area contributed by atoms with E-state index in [1.165, 1.54) is 17.6 Å². The molecule has 1 aromatic carbocycles. The molecule has 0 bridgehead atoms. The average Bonchev–Trinajstić information content (AvgIpc) is 3.22.